The molecule has 0 aliphatic carbocycles. The van der Waals surface area contributed by atoms with E-state index in [4.69, 9.17) is 4.74 Å². The number of hydrogen-bond donors (Lipinski definition) is 0. The molecule has 0 N–H and O–H groups in total. The molecule has 0 saturated carbocycles. The highest BCUT2D eigenvalue weighted by molar-refractivity contribution is 5.97. The van der Waals surface area contributed by atoms with Crippen LogP contribution in [0.3, 0.4) is 0 Å². The number of carbonyl (C=O) groups is 2. The maximum Gasteiger partial charge on any atom is 0.222 e. The van der Waals surface area contributed by atoms with Gasteiger partial charge >= 0.3 is 0 Å². The van der Waals surface area contributed by atoms with E-state index >= 15 is 0 Å². The van der Waals surface area contributed by atoms with Crippen LogP contribution < -0.4 is 0 Å². The van der Waals surface area contributed by atoms with E-state index in [-0.39, 0.29) is 24.5 Å². The van der Waals surface area contributed by atoms with Crippen LogP contribution in [0.5, 0.6) is 0 Å². The van der Waals surface area contributed by atoms with Gasteiger partial charge in [-0.05, 0) is 24.3 Å². The van der Waals surface area contributed by atoms with Crippen LogP contribution in [0.2, 0.25) is 0 Å². The minimum absolute atomic E-state index is 0.00545. The molecule has 4 heteroatoms. The number of methoxy groups -OCH3 is 1. The van der Waals surface area contributed by atoms with Crippen molar-refractivity contribution in [3.63, 3.8) is 0 Å². The number of ether oxygens (including phenoxy) is 1. The van der Waals surface area contributed by atoms with Crippen molar-refractivity contribution >= 4 is 11.7 Å². The largest absolute Gasteiger partial charge is 0.385 e. The van der Waals surface area contributed by atoms with Gasteiger partial charge in [0, 0.05) is 45.7 Å². The third-order valence-electron chi connectivity index (χ3n) is 3.75. The summed E-state index contributed by atoms with van der Waals surface area (Å²) in [7, 11) is 3.41. The van der Waals surface area contributed by atoms with Crippen LogP contribution in [0.1, 0.15) is 49.0 Å². The molecular weight excluding hydrogens is 290 g/mol. The molecule has 128 valence electrons. The van der Waals surface area contributed by atoms with Crippen LogP contribution in [0, 0.1) is 5.92 Å². The predicted octanol–water partition coefficient (Wildman–Crippen LogP) is 3.34. The van der Waals surface area contributed by atoms with Crippen molar-refractivity contribution in [2.75, 3.05) is 27.3 Å². The lowest BCUT2D eigenvalue weighted by Gasteiger charge is -2.16. The molecule has 1 amide bonds. The van der Waals surface area contributed by atoms with Crippen LogP contribution in [-0.2, 0) is 16.0 Å². The Morgan fingerprint density at radius 1 is 1.13 bits per heavy atom. The van der Waals surface area contributed by atoms with Crippen molar-refractivity contribution in [1.29, 1.82) is 0 Å². The first-order chi connectivity index (χ1) is 10.9. The van der Waals surface area contributed by atoms with Gasteiger partial charge in [-0.25, -0.2) is 0 Å². The highest BCUT2D eigenvalue weighted by Crippen LogP contribution is 2.12. The number of ketones is 1. The van der Waals surface area contributed by atoms with Gasteiger partial charge in [0.15, 0.2) is 5.78 Å². The Balaban J connectivity index is 2.42. The number of benzene rings is 1. The minimum Gasteiger partial charge on any atom is -0.385 e. The Labute approximate surface area is 139 Å². The summed E-state index contributed by atoms with van der Waals surface area (Å²) in [5.74, 6) is 0.633. The van der Waals surface area contributed by atoms with Crippen LogP contribution in [0.15, 0.2) is 24.3 Å². The van der Waals surface area contributed by atoms with Gasteiger partial charge in [0.2, 0.25) is 5.91 Å². The van der Waals surface area contributed by atoms with Crippen molar-refractivity contribution in [1.82, 2.24) is 4.90 Å². The first kappa shape index (κ1) is 19.4. The number of carbonyl (C=O) groups excluding carboxylic acids is 2. The fraction of sp³-hybridized carbons (Fsp3) is 0.579. The van der Waals surface area contributed by atoms with Gasteiger partial charge in [-0.15, -0.1) is 0 Å². The second kappa shape index (κ2) is 10.2. The summed E-state index contributed by atoms with van der Waals surface area (Å²) in [4.78, 5) is 25.8. The molecule has 0 aromatic heterocycles. The van der Waals surface area contributed by atoms with Crippen molar-refractivity contribution in [3.05, 3.63) is 35.4 Å². The molecule has 0 aliphatic rings. The highest BCUT2D eigenvalue weighted by atomic mass is 16.5. The third-order valence-corrected chi connectivity index (χ3v) is 3.75. The zero-order valence-corrected chi connectivity index (χ0v) is 14.8. The van der Waals surface area contributed by atoms with E-state index in [1.165, 1.54) is 5.56 Å². The monoisotopic (exact) mass is 319 g/mol. The Morgan fingerprint density at radius 3 is 2.35 bits per heavy atom. The molecule has 0 spiro atoms. The lowest BCUT2D eigenvalue weighted by molar-refractivity contribution is -0.130. The number of amides is 1. The average Bonchev–Trinajstić information content (AvgIpc) is 2.52. The zero-order chi connectivity index (χ0) is 17.2. The first-order valence-corrected chi connectivity index (χ1v) is 8.29. The fourth-order valence-electron chi connectivity index (χ4n) is 2.42. The summed E-state index contributed by atoms with van der Waals surface area (Å²) >= 11 is 0. The Kier molecular flexibility index (Phi) is 8.56. The molecule has 1 aromatic carbocycles. The van der Waals surface area contributed by atoms with E-state index in [9.17, 15) is 9.59 Å². The van der Waals surface area contributed by atoms with Crippen molar-refractivity contribution < 1.29 is 14.3 Å². The molecule has 0 saturated heterocycles. The standard InChI is InChI=1S/C19H29NO3/c1-15(2)14-16-6-8-17(9-7-16)18(21)10-11-19(22)20(3)12-5-13-23-4/h6-9,15H,5,10-14H2,1-4H3. The molecule has 0 aliphatic heterocycles. The number of rotatable bonds is 10. The number of Topliss-reactive ketones (excluding diaryl/α,β-unsaturated/α-hetero) is 1. The lowest BCUT2D eigenvalue weighted by atomic mass is 9.99. The molecule has 0 bridgehead atoms. The Hall–Kier alpha value is -1.68. The van der Waals surface area contributed by atoms with Gasteiger partial charge in [-0.3, -0.25) is 9.59 Å². The molecule has 1 rings (SSSR count). The summed E-state index contributed by atoms with van der Waals surface area (Å²) in [6, 6.07) is 7.75. The molecular formula is C19H29NO3. The summed E-state index contributed by atoms with van der Waals surface area (Å²) in [5, 5.41) is 0. The van der Waals surface area contributed by atoms with Gasteiger partial charge in [0.25, 0.3) is 0 Å². The average molecular weight is 319 g/mol. The van der Waals surface area contributed by atoms with Crippen molar-refractivity contribution in [3.8, 4) is 0 Å². The predicted molar refractivity (Wildman–Crippen MR) is 92.7 cm³/mol. The molecule has 0 fully saturated rings. The van der Waals surface area contributed by atoms with E-state index in [0.29, 0.717) is 24.6 Å². The van der Waals surface area contributed by atoms with Gasteiger partial charge in [-0.1, -0.05) is 38.1 Å². The van der Waals surface area contributed by atoms with Crippen molar-refractivity contribution in [2.24, 2.45) is 5.92 Å². The molecule has 23 heavy (non-hydrogen) atoms. The van der Waals surface area contributed by atoms with Crippen LogP contribution >= 0.6 is 0 Å². The SMILES string of the molecule is COCCCN(C)C(=O)CCC(=O)c1ccc(CC(C)C)cc1. The molecule has 4 nitrogen and oxygen atoms in total. The maximum atomic E-state index is 12.2. The second-order valence-electron chi connectivity index (χ2n) is 6.38. The number of nitrogens with zero attached hydrogens (tertiary/aromatic N) is 1. The number of hydrogen-bond acceptors (Lipinski definition) is 3. The van der Waals surface area contributed by atoms with E-state index in [2.05, 4.69) is 13.8 Å². The second-order valence-corrected chi connectivity index (χ2v) is 6.38. The zero-order valence-electron chi connectivity index (χ0n) is 14.8. The molecule has 0 unspecified atom stereocenters. The van der Waals surface area contributed by atoms with Gasteiger partial charge in [0.1, 0.15) is 0 Å². The lowest BCUT2D eigenvalue weighted by Crippen LogP contribution is -2.28. The molecule has 0 heterocycles. The van der Waals surface area contributed by atoms with Gasteiger partial charge < -0.3 is 9.64 Å². The molecule has 1 aromatic rings. The normalized spacial score (nSPS) is 10.8. The summed E-state index contributed by atoms with van der Waals surface area (Å²) < 4.78 is 4.97. The maximum absolute atomic E-state index is 12.2. The summed E-state index contributed by atoms with van der Waals surface area (Å²) in [6.07, 6.45) is 2.34. The van der Waals surface area contributed by atoms with E-state index in [0.717, 1.165) is 12.8 Å². The fourth-order valence-corrected chi connectivity index (χ4v) is 2.42. The van der Waals surface area contributed by atoms with Gasteiger partial charge in [-0.2, -0.15) is 0 Å². The summed E-state index contributed by atoms with van der Waals surface area (Å²) in [6.45, 7) is 5.64. The van der Waals surface area contributed by atoms with Crippen LogP contribution in [0.4, 0.5) is 0 Å². The van der Waals surface area contributed by atoms with Crippen LogP contribution in [0.25, 0.3) is 0 Å². The smallest absolute Gasteiger partial charge is 0.222 e. The Bertz CT molecular complexity index is 494. The topological polar surface area (TPSA) is 46.6 Å². The van der Waals surface area contributed by atoms with E-state index in [1.54, 1.807) is 19.1 Å². The summed E-state index contributed by atoms with van der Waals surface area (Å²) in [5.41, 5.74) is 1.93. The van der Waals surface area contributed by atoms with Gasteiger partial charge in [0.05, 0.1) is 0 Å². The first-order valence-electron chi connectivity index (χ1n) is 8.29. The van der Waals surface area contributed by atoms with Crippen LogP contribution in [-0.4, -0.2) is 43.9 Å². The molecule has 0 radical (unpaired) electrons. The third kappa shape index (κ3) is 7.42. The Morgan fingerprint density at radius 2 is 1.78 bits per heavy atom. The van der Waals surface area contributed by atoms with E-state index in [1.807, 2.05) is 24.3 Å². The van der Waals surface area contributed by atoms with Crippen molar-refractivity contribution in [2.45, 2.75) is 39.5 Å². The highest BCUT2D eigenvalue weighted by Gasteiger charge is 2.12. The minimum atomic E-state index is 0.00545. The molecule has 0 atom stereocenters. The van der Waals surface area contributed by atoms with E-state index < -0.39 is 0 Å². The quantitative estimate of drug-likeness (QED) is 0.491.